The Labute approximate surface area is 178 Å². The highest BCUT2D eigenvalue weighted by Crippen LogP contribution is 2.29. The van der Waals surface area contributed by atoms with E-state index in [9.17, 15) is 13.2 Å². The van der Waals surface area contributed by atoms with Crippen molar-refractivity contribution in [3.05, 3.63) is 46.8 Å². The van der Waals surface area contributed by atoms with E-state index in [1.807, 2.05) is 45.0 Å². The fourth-order valence-electron chi connectivity index (χ4n) is 3.54. The van der Waals surface area contributed by atoms with Gasteiger partial charge in [0, 0.05) is 25.0 Å². The van der Waals surface area contributed by atoms with Crippen LogP contribution < -0.4 is 5.32 Å². The average molecular weight is 432 g/mol. The van der Waals surface area contributed by atoms with E-state index in [1.54, 1.807) is 19.1 Å². The molecule has 0 spiro atoms. The number of nitrogens with one attached hydrogen (secondary N) is 1. The molecule has 0 aliphatic carbocycles. The predicted molar refractivity (Wildman–Crippen MR) is 116 cm³/mol. The number of piperidine rings is 1. The number of carbonyl (C=O) groups excluding carboxylic acids is 1. The number of rotatable bonds is 6. The molecule has 0 atom stereocenters. The first-order valence-corrected chi connectivity index (χ1v) is 11.6. The quantitative estimate of drug-likeness (QED) is 0.757. The van der Waals surface area contributed by atoms with Crippen LogP contribution in [0.1, 0.15) is 49.3 Å². The molecular weight excluding hydrogens is 402 g/mol. The Kier molecular flexibility index (Phi) is 6.77. The topological polar surface area (TPSA) is 92.5 Å². The molecule has 1 saturated heterocycles. The van der Waals surface area contributed by atoms with Crippen molar-refractivity contribution >= 4 is 28.1 Å². The van der Waals surface area contributed by atoms with Crippen LogP contribution in [0.5, 0.6) is 0 Å². The molecule has 1 aromatic heterocycles. The maximum atomic E-state index is 13.3. The lowest BCUT2D eigenvalue weighted by molar-refractivity contribution is -0.126. The van der Waals surface area contributed by atoms with Gasteiger partial charge in [0.2, 0.25) is 15.9 Å². The zero-order chi connectivity index (χ0) is 21.9. The van der Waals surface area contributed by atoms with Crippen molar-refractivity contribution in [2.45, 2.75) is 51.5 Å². The van der Waals surface area contributed by atoms with Gasteiger partial charge in [-0.2, -0.15) is 4.31 Å². The molecule has 30 heavy (non-hydrogen) atoms. The molecule has 2 heterocycles. The summed E-state index contributed by atoms with van der Waals surface area (Å²) in [7, 11) is -3.77. The number of benzene rings is 1. The first-order valence-electron chi connectivity index (χ1n) is 10.2. The van der Waals surface area contributed by atoms with Gasteiger partial charge in [-0.05, 0) is 52.2 Å². The third-order valence-electron chi connectivity index (χ3n) is 5.19. The number of aryl methyl sites for hydroxylation is 2. The molecule has 8 heteroatoms. The van der Waals surface area contributed by atoms with Crippen LogP contribution >= 0.6 is 0 Å². The summed E-state index contributed by atoms with van der Waals surface area (Å²) in [6.07, 6.45) is 4.44. The van der Waals surface area contributed by atoms with Crippen LogP contribution in [0.3, 0.4) is 0 Å². The van der Waals surface area contributed by atoms with E-state index in [0.717, 1.165) is 11.1 Å². The van der Waals surface area contributed by atoms with Crippen molar-refractivity contribution in [3.63, 3.8) is 0 Å². The van der Waals surface area contributed by atoms with Crippen LogP contribution in [0, 0.1) is 19.8 Å². The molecule has 1 aromatic carbocycles. The second-order valence-corrected chi connectivity index (χ2v) is 9.92. The molecule has 1 N–H and O–H groups in total. The molecule has 3 rings (SSSR count). The lowest BCUT2D eigenvalue weighted by Crippen LogP contribution is -2.44. The summed E-state index contributed by atoms with van der Waals surface area (Å²) < 4.78 is 33.3. The highest BCUT2D eigenvalue weighted by molar-refractivity contribution is 7.89. The standard InChI is InChI=1S/C22H29N3O4S/c1-15(2)23-22(26)19-11-13-25(14-12-19)30(27,28)21-17(4)24-29-20(21)10-9-18-7-5-16(3)6-8-18/h5-10,15,19H,11-14H2,1-4H3,(H,23,26). The van der Waals surface area contributed by atoms with E-state index in [2.05, 4.69) is 10.5 Å². The SMILES string of the molecule is Cc1ccc(C=Cc2onc(C)c2S(=O)(=O)N2CCC(C(=O)NC(C)C)CC2)cc1. The van der Waals surface area contributed by atoms with E-state index in [0.29, 0.717) is 31.6 Å². The van der Waals surface area contributed by atoms with Crippen molar-refractivity contribution < 1.29 is 17.7 Å². The monoisotopic (exact) mass is 431 g/mol. The van der Waals surface area contributed by atoms with Crippen LogP contribution in [-0.4, -0.2) is 42.9 Å². The molecule has 0 unspecified atom stereocenters. The number of aromatic nitrogens is 1. The Morgan fingerprint density at radius 1 is 1.17 bits per heavy atom. The van der Waals surface area contributed by atoms with Crippen LogP contribution in [0.2, 0.25) is 0 Å². The van der Waals surface area contributed by atoms with Crippen LogP contribution in [0.25, 0.3) is 12.2 Å². The van der Waals surface area contributed by atoms with Crippen molar-refractivity contribution in [2.75, 3.05) is 13.1 Å². The van der Waals surface area contributed by atoms with Gasteiger partial charge in [-0.1, -0.05) is 41.1 Å². The zero-order valence-electron chi connectivity index (χ0n) is 17.9. The van der Waals surface area contributed by atoms with Crippen molar-refractivity contribution in [1.82, 2.24) is 14.8 Å². The molecule has 1 aliphatic rings. The molecule has 162 valence electrons. The van der Waals surface area contributed by atoms with Crippen LogP contribution in [0.4, 0.5) is 0 Å². The second kappa shape index (κ2) is 9.14. The van der Waals surface area contributed by atoms with Crippen molar-refractivity contribution in [1.29, 1.82) is 0 Å². The minimum atomic E-state index is -3.77. The van der Waals surface area contributed by atoms with Gasteiger partial charge in [0.05, 0.1) is 0 Å². The number of hydrogen-bond acceptors (Lipinski definition) is 5. The van der Waals surface area contributed by atoms with Crippen molar-refractivity contribution in [3.8, 4) is 0 Å². The van der Waals surface area contributed by atoms with Gasteiger partial charge in [-0.3, -0.25) is 4.79 Å². The molecule has 1 aliphatic heterocycles. The zero-order valence-corrected chi connectivity index (χ0v) is 18.7. The van der Waals surface area contributed by atoms with E-state index in [1.165, 1.54) is 4.31 Å². The van der Waals surface area contributed by atoms with Gasteiger partial charge < -0.3 is 9.84 Å². The minimum Gasteiger partial charge on any atom is -0.355 e. The maximum Gasteiger partial charge on any atom is 0.248 e. The van der Waals surface area contributed by atoms with E-state index in [4.69, 9.17) is 4.52 Å². The summed E-state index contributed by atoms with van der Waals surface area (Å²) in [5.41, 5.74) is 2.42. The van der Waals surface area contributed by atoms with Gasteiger partial charge in [0.1, 0.15) is 5.69 Å². The fraction of sp³-hybridized carbons (Fsp3) is 0.455. The third kappa shape index (κ3) is 4.99. The van der Waals surface area contributed by atoms with Crippen LogP contribution in [0.15, 0.2) is 33.7 Å². The number of carbonyl (C=O) groups is 1. The highest BCUT2D eigenvalue weighted by Gasteiger charge is 2.35. The summed E-state index contributed by atoms with van der Waals surface area (Å²) in [4.78, 5) is 12.3. The van der Waals surface area contributed by atoms with E-state index < -0.39 is 10.0 Å². The van der Waals surface area contributed by atoms with Gasteiger partial charge in [0.25, 0.3) is 0 Å². The molecule has 0 radical (unpaired) electrons. The number of hydrogen-bond donors (Lipinski definition) is 1. The molecule has 0 saturated carbocycles. The first-order chi connectivity index (χ1) is 14.2. The van der Waals surface area contributed by atoms with Gasteiger partial charge >= 0.3 is 0 Å². The molecule has 1 fully saturated rings. The average Bonchev–Trinajstić information content (AvgIpc) is 3.08. The normalized spacial score (nSPS) is 16.4. The summed E-state index contributed by atoms with van der Waals surface area (Å²) in [5.74, 6) is 0.0426. The fourth-order valence-corrected chi connectivity index (χ4v) is 5.26. The number of sulfonamides is 1. The maximum absolute atomic E-state index is 13.3. The highest BCUT2D eigenvalue weighted by atomic mass is 32.2. The Balaban J connectivity index is 1.76. The molecular formula is C22H29N3O4S. The molecule has 7 nitrogen and oxygen atoms in total. The number of nitrogens with zero attached hydrogens (tertiary/aromatic N) is 2. The summed E-state index contributed by atoms with van der Waals surface area (Å²) >= 11 is 0. The lowest BCUT2D eigenvalue weighted by atomic mass is 9.97. The Hall–Kier alpha value is -2.45. The Morgan fingerprint density at radius 3 is 2.40 bits per heavy atom. The molecule has 0 bridgehead atoms. The van der Waals surface area contributed by atoms with Gasteiger partial charge in [0.15, 0.2) is 10.7 Å². The lowest BCUT2D eigenvalue weighted by Gasteiger charge is -2.30. The Bertz CT molecular complexity index is 1020. The first kappa shape index (κ1) is 22.2. The van der Waals surface area contributed by atoms with Gasteiger partial charge in [-0.15, -0.1) is 0 Å². The van der Waals surface area contributed by atoms with E-state index in [-0.39, 0.29) is 28.5 Å². The second-order valence-electron chi connectivity index (χ2n) is 8.05. The van der Waals surface area contributed by atoms with E-state index >= 15 is 0 Å². The molecule has 1 amide bonds. The van der Waals surface area contributed by atoms with Crippen molar-refractivity contribution in [2.24, 2.45) is 5.92 Å². The van der Waals surface area contributed by atoms with Crippen LogP contribution in [-0.2, 0) is 14.8 Å². The third-order valence-corrected chi connectivity index (χ3v) is 7.25. The smallest absolute Gasteiger partial charge is 0.248 e. The summed E-state index contributed by atoms with van der Waals surface area (Å²) in [6, 6.07) is 7.96. The largest absolute Gasteiger partial charge is 0.355 e. The minimum absolute atomic E-state index is 0.00933. The molecule has 2 aromatic rings. The van der Waals surface area contributed by atoms with Gasteiger partial charge in [-0.25, -0.2) is 8.42 Å². The Morgan fingerprint density at radius 2 is 1.80 bits per heavy atom. The summed E-state index contributed by atoms with van der Waals surface area (Å²) in [6.45, 7) is 8.06. The predicted octanol–water partition coefficient (Wildman–Crippen LogP) is 3.39. The number of amides is 1. The summed E-state index contributed by atoms with van der Waals surface area (Å²) in [5, 5.41) is 6.79.